The molecule has 34 heavy (non-hydrogen) atoms. The van der Waals surface area contributed by atoms with Crippen molar-refractivity contribution in [2.45, 2.75) is 32.7 Å². The minimum Gasteiger partial charge on any atom is -0.469 e. The predicted octanol–water partition coefficient (Wildman–Crippen LogP) is 4.43. The summed E-state index contributed by atoms with van der Waals surface area (Å²) in [5, 5.41) is 0. The van der Waals surface area contributed by atoms with Crippen molar-refractivity contribution >= 4 is 17.6 Å². The molecule has 4 rings (SSSR count). The van der Waals surface area contributed by atoms with Gasteiger partial charge in [0.25, 0.3) is 5.91 Å². The van der Waals surface area contributed by atoms with Crippen LogP contribution in [-0.2, 0) is 22.5 Å². The molecule has 174 valence electrons. The number of imidazole rings is 1. The zero-order chi connectivity index (χ0) is 24.1. The van der Waals surface area contributed by atoms with E-state index in [1.807, 2.05) is 28.8 Å². The number of hydrogen-bond acceptors (Lipinski definition) is 4. The topological polar surface area (TPSA) is 68.8 Å². The van der Waals surface area contributed by atoms with Gasteiger partial charge in [-0.3, -0.25) is 9.59 Å². The van der Waals surface area contributed by atoms with Gasteiger partial charge in [0.1, 0.15) is 5.69 Å². The van der Waals surface area contributed by atoms with Crippen molar-refractivity contribution in [2.24, 2.45) is 5.41 Å². The maximum Gasteiger partial charge on any atom is 0.312 e. The first-order chi connectivity index (χ1) is 16.5. The van der Waals surface area contributed by atoms with Crippen molar-refractivity contribution in [3.8, 4) is 0 Å². The van der Waals surface area contributed by atoms with Crippen molar-refractivity contribution in [1.82, 2.24) is 14.5 Å². The maximum absolute atomic E-state index is 13.3. The molecule has 1 fully saturated rings. The Balaban J connectivity index is 1.47. The first-order valence-corrected chi connectivity index (χ1v) is 11.3. The molecule has 0 atom stereocenters. The Labute approximate surface area is 199 Å². The molecule has 0 spiro atoms. The SMILES string of the molecule is [C-]#[N+]c1ccc(Cn2cncc2C(=O)N2CCC(Cc3ccccc3C)(C(=O)OC)CC2)cc1. The standard InChI is InChI=1S/C27H28N4O3/c1-20-6-4-5-7-22(20)16-27(26(33)34-3)12-14-30(15-13-27)25(32)24-17-29-19-31(24)18-21-8-10-23(28-2)11-9-21/h4-11,17,19H,12-16,18H2,1,3H3. The van der Waals surface area contributed by atoms with Crippen LogP contribution in [0.4, 0.5) is 5.69 Å². The van der Waals surface area contributed by atoms with E-state index in [0.29, 0.717) is 50.3 Å². The summed E-state index contributed by atoms with van der Waals surface area (Å²) in [4.78, 5) is 35.6. The van der Waals surface area contributed by atoms with Gasteiger partial charge in [-0.25, -0.2) is 9.83 Å². The van der Waals surface area contributed by atoms with Gasteiger partial charge in [-0.2, -0.15) is 0 Å². The van der Waals surface area contributed by atoms with E-state index < -0.39 is 5.41 Å². The fourth-order valence-corrected chi connectivity index (χ4v) is 4.64. The summed E-state index contributed by atoms with van der Waals surface area (Å²) in [6, 6.07) is 15.4. The van der Waals surface area contributed by atoms with Gasteiger partial charge in [0, 0.05) is 19.6 Å². The summed E-state index contributed by atoms with van der Waals surface area (Å²) in [6.45, 7) is 10.6. The molecule has 1 saturated heterocycles. The van der Waals surface area contributed by atoms with Crippen molar-refractivity contribution < 1.29 is 14.3 Å². The number of hydrogen-bond donors (Lipinski definition) is 0. The predicted molar refractivity (Wildman–Crippen MR) is 129 cm³/mol. The molecule has 0 bridgehead atoms. The van der Waals surface area contributed by atoms with Gasteiger partial charge in [-0.15, -0.1) is 0 Å². The van der Waals surface area contributed by atoms with Gasteiger partial charge in [-0.05, 0) is 42.9 Å². The van der Waals surface area contributed by atoms with E-state index >= 15 is 0 Å². The lowest BCUT2D eigenvalue weighted by Gasteiger charge is -2.40. The van der Waals surface area contributed by atoms with Gasteiger partial charge in [0.05, 0.1) is 31.6 Å². The van der Waals surface area contributed by atoms with E-state index in [1.54, 1.807) is 29.6 Å². The number of rotatable bonds is 6. The molecule has 1 amide bonds. The lowest BCUT2D eigenvalue weighted by Crippen LogP contribution is -2.48. The molecule has 0 aliphatic carbocycles. The number of esters is 1. The molecular formula is C27H28N4O3. The third-order valence-corrected chi connectivity index (χ3v) is 6.77. The molecule has 0 radical (unpaired) electrons. The average Bonchev–Trinajstić information content (AvgIpc) is 3.33. The number of aryl methyl sites for hydroxylation is 1. The fourth-order valence-electron chi connectivity index (χ4n) is 4.64. The van der Waals surface area contributed by atoms with E-state index in [1.165, 1.54) is 7.11 Å². The van der Waals surface area contributed by atoms with E-state index in [2.05, 4.69) is 28.9 Å². The zero-order valence-electron chi connectivity index (χ0n) is 19.5. The van der Waals surface area contributed by atoms with Gasteiger partial charge < -0.3 is 14.2 Å². The Kier molecular flexibility index (Phi) is 6.78. The van der Waals surface area contributed by atoms with Crippen LogP contribution in [0.25, 0.3) is 4.85 Å². The third-order valence-electron chi connectivity index (χ3n) is 6.77. The number of methoxy groups -OCH3 is 1. The van der Waals surface area contributed by atoms with Crippen molar-refractivity contribution in [1.29, 1.82) is 0 Å². The molecule has 2 heterocycles. The van der Waals surface area contributed by atoms with Crippen LogP contribution in [0.1, 0.15) is 40.0 Å². The first kappa shape index (κ1) is 23.2. The molecule has 0 saturated carbocycles. The molecule has 7 nitrogen and oxygen atoms in total. The molecule has 7 heteroatoms. The molecule has 0 unspecified atom stereocenters. The normalized spacial score (nSPS) is 14.9. The van der Waals surface area contributed by atoms with E-state index in [4.69, 9.17) is 11.3 Å². The second-order valence-corrected chi connectivity index (χ2v) is 8.85. The van der Waals surface area contributed by atoms with Crippen LogP contribution in [0.5, 0.6) is 0 Å². The van der Waals surface area contributed by atoms with Crippen LogP contribution < -0.4 is 0 Å². The molecule has 2 aromatic carbocycles. The van der Waals surface area contributed by atoms with Crippen molar-refractivity contribution in [3.05, 3.63) is 94.9 Å². The number of carbonyl (C=O) groups is 2. The Morgan fingerprint density at radius 1 is 1.12 bits per heavy atom. The number of likely N-dealkylation sites (tertiary alicyclic amines) is 1. The largest absolute Gasteiger partial charge is 0.469 e. The highest BCUT2D eigenvalue weighted by molar-refractivity contribution is 5.92. The highest BCUT2D eigenvalue weighted by atomic mass is 16.5. The number of aromatic nitrogens is 2. The summed E-state index contributed by atoms with van der Waals surface area (Å²) in [6.07, 6.45) is 4.94. The van der Waals surface area contributed by atoms with E-state index in [9.17, 15) is 9.59 Å². The molecule has 0 N–H and O–H groups in total. The van der Waals surface area contributed by atoms with E-state index in [0.717, 1.165) is 16.7 Å². The number of nitrogens with zero attached hydrogens (tertiary/aromatic N) is 4. The van der Waals surface area contributed by atoms with Crippen LogP contribution in [0.3, 0.4) is 0 Å². The first-order valence-electron chi connectivity index (χ1n) is 11.3. The summed E-state index contributed by atoms with van der Waals surface area (Å²) >= 11 is 0. The lowest BCUT2D eigenvalue weighted by molar-refractivity contribution is -0.155. The summed E-state index contributed by atoms with van der Waals surface area (Å²) < 4.78 is 7.02. The smallest absolute Gasteiger partial charge is 0.312 e. The zero-order valence-corrected chi connectivity index (χ0v) is 19.5. The Morgan fingerprint density at radius 3 is 2.47 bits per heavy atom. The van der Waals surface area contributed by atoms with Crippen molar-refractivity contribution in [2.75, 3.05) is 20.2 Å². The summed E-state index contributed by atoms with van der Waals surface area (Å²) in [5.41, 5.74) is 3.73. The van der Waals surface area contributed by atoms with Crippen LogP contribution in [-0.4, -0.2) is 46.5 Å². The van der Waals surface area contributed by atoms with Gasteiger partial charge in [0.2, 0.25) is 0 Å². The highest BCUT2D eigenvalue weighted by Crippen LogP contribution is 2.37. The van der Waals surface area contributed by atoms with Gasteiger partial charge in [-0.1, -0.05) is 48.5 Å². The van der Waals surface area contributed by atoms with E-state index in [-0.39, 0.29) is 11.9 Å². The highest BCUT2D eigenvalue weighted by Gasteiger charge is 2.43. The molecule has 3 aromatic rings. The van der Waals surface area contributed by atoms with Gasteiger partial charge >= 0.3 is 5.97 Å². The number of amides is 1. The quantitative estimate of drug-likeness (QED) is 0.407. The number of ether oxygens (including phenoxy) is 1. The monoisotopic (exact) mass is 456 g/mol. The number of benzene rings is 2. The summed E-state index contributed by atoms with van der Waals surface area (Å²) in [7, 11) is 1.43. The lowest BCUT2D eigenvalue weighted by atomic mass is 9.73. The molecule has 1 aliphatic heterocycles. The van der Waals surface area contributed by atoms with Gasteiger partial charge in [0.15, 0.2) is 5.69 Å². The third kappa shape index (κ3) is 4.72. The average molecular weight is 457 g/mol. The molecular weight excluding hydrogens is 428 g/mol. The molecule has 1 aliphatic rings. The second-order valence-electron chi connectivity index (χ2n) is 8.85. The maximum atomic E-state index is 13.3. The van der Waals surface area contributed by atoms with Crippen LogP contribution in [0.15, 0.2) is 61.1 Å². The minimum atomic E-state index is -0.636. The second kappa shape index (κ2) is 9.92. The number of carbonyl (C=O) groups excluding carboxylic acids is 2. The minimum absolute atomic E-state index is 0.0929. The molecule has 1 aromatic heterocycles. The Bertz CT molecular complexity index is 1220. The van der Waals surface area contributed by atoms with Crippen molar-refractivity contribution in [3.63, 3.8) is 0 Å². The van der Waals surface area contributed by atoms with Crippen LogP contribution in [0, 0.1) is 18.9 Å². The summed E-state index contributed by atoms with van der Waals surface area (Å²) in [5.74, 6) is -0.305. The Hall–Kier alpha value is -3.92. The fraction of sp³-hybridized carbons (Fsp3) is 0.333. The van der Waals surface area contributed by atoms with Crippen LogP contribution in [0.2, 0.25) is 0 Å². The number of piperidine rings is 1. The van der Waals surface area contributed by atoms with Crippen LogP contribution >= 0.6 is 0 Å². The Morgan fingerprint density at radius 2 is 1.82 bits per heavy atom.